The zero-order valence-corrected chi connectivity index (χ0v) is 17.9. The highest BCUT2D eigenvalue weighted by Gasteiger charge is 2.46. The lowest BCUT2D eigenvalue weighted by Gasteiger charge is -2.29. The summed E-state index contributed by atoms with van der Waals surface area (Å²) in [6.45, 7) is 5.19. The van der Waals surface area contributed by atoms with Crippen molar-refractivity contribution < 1.29 is 29.3 Å². The summed E-state index contributed by atoms with van der Waals surface area (Å²) < 4.78 is 5.20. The second-order valence-corrected chi connectivity index (χ2v) is 8.43. The van der Waals surface area contributed by atoms with E-state index in [1.165, 1.54) is 4.90 Å². The Kier molecular flexibility index (Phi) is 5.88. The van der Waals surface area contributed by atoms with E-state index >= 15 is 0 Å². The Morgan fingerprint density at radius 3 is 2.10 bits per heavy atom. The molecule has 162 valence electrons. The number of carbonyl (C=O) groups excluding carboxylic acids is 2. The molecule has 1 atom stereocenters. The summed E-state index contributed by atoms with van der Waals surface area (Å²) in [6, 6.07) is 12.6. The molecule has 0 spiro atoms. The number of rotatable bonds is 6. The van der Waals surface area contributed by atoms with E-state index in [9.17, 15) is 19.5 Å². The molecule has 0 saturated heterocycles. The van der Waals surface area contributed by atoms with Crippen LogP contribution in [-0.2, 0) is 20.8 Å². The minimum Gasteiger partial charge on any atom is -0.503 e. The predicted octanol–water partition coefficient (Wildman–Crippen LogP) is 3.84. The Morgan fingerprint density at radius 1 is 1.03 bits per heavy atom. The van der Waals surface area contributed by atoms with Crippen molar-refractivity contribution in [3.8, 4) is 5.75 Å². The van der Waals surface area contributed by atoms with Crippen molar-refractivity contribution in [3.05, 3.63) is 71.0 Å². The van der Waals surface area contributed by atoms with Gasteiger partial charge in [-0.15, -0.1) is 0 Å². The Labute approximate surface area is 180 Å². The Balaban J connectivity index is 2.11. The van der Waals surface area contributed by atoms with Crippen molar-refractivity contribution in [1.29, 1.82) is 0 Å². The lowest BCUT2D eigenvalue weighted by atomic mass is 9.82. The Bertz CT molecular complexity index is 1040. The number of aliphatic carboxylic acids is 1. The van der Waals surface area contributed by atoms with E-state index in [0.29, 0.717) is 22.6 Å². The molecule has 0 saturated carbocycles. The highest BCUT2D eigenvalue weighted by atomic mass is 16.5. The summed E-state index contributed by atoms with van der Waals surface area (Å²) in [5.41, 5.74) is 0.892. The van der Waals surface area contributed by atoms with Gasteiger partial charge in [-0.2, -0.15) is 0 Å². The average Bonchev–Trinajstić information content (AvgIpc) is 2.98. The highest BCUT2D eigenvalue weighted by Crippen LogP contribution is 2.43. The second kappa shape index (κ2) is 8.26. The van der Waals surface area contributed by atoms with Gasteiger partial charge in [0, 0.05) is 11.1 Å². The molecule has 1 heterocycles. The van der Waals surface area contributed by atoms with Crippen LogP contribution in [0.3, 0.4) is 0 Å². The molecule has 2 aromatic carbocycles. The fourth-order valence-electron chi connectivity index (χ4n) is 3.56. The van der Waals surface area contributed by atoms with Crippen molar-refractivity contribution >= 4 is 23.3 Å². The van der Waals surface area contributed by atoms with Gasteiger partial charge in [0.1, 0.15) is 5.75 Å². The maximum Gasteiger partial charge on any atom is 0.307 e. The van der Waals surface area contributed by atoms with Gasteiger partial charge in [0.05, 0.1) is 25.1 Å². The molecule has 1 aliphatic heterocycles. The molecule has 3 rings (SSSR count). The monoisotopic (exact) mass is 423 g/mol. The summed E-state index contributed by atoms with van der Waals surface area (Å²) in [5, 5.41) is 19.7. The number of amides is 1. The van der Waals surface area contributed by atoms with Gasteiger partial charge in [0.2, 0.25) is 0 Å². The number of benzene rings is 2. The molecule has 1 unspecified atom stereocenters. The van der Waals surface area contributed by atoms with E-state index in [0.717, 1.165) is 0 Å². The van der Waals surface area contributed by atoms with Gasteiger partial charge in [0.25, 0.3) is 5.91 Å². The van der Waals surface area contributed by atoms with Crippen LogP contribution in [0.5, 0.6) is 5.75 Å². The normalized spacial score (nSPS) is 16.6. The van der Waals surface area contributed by atoms with Gasteiger partial charge in [0.15, 0.2) is 11.5 Å². The van der Waals surface area contributed by atoms with Crippen LogP contribution in [0.1, 0.15) is 37.9 Å². The molecule has 31 heavy (non-hydrogen) atoms. The molecule has 1 aliphatic rings. The zero-order valence-electron chi connectivity index (χ0n) is 17.9. The number of methoxy groups -OCH3 is 1. The first-order valence-electron chi connectivity index (χ1n) is 9.80. The van der Waals surface area contributed by atoms with Gasteiger partial charge in [-0.25, -0.2) is 0 Å². The first kappa shape index (κ1) is 22.1. The van der Waals surface area contributed by atoms with Crippen LogP contribution in [0, 0.1) is 5.41 Å². The van der Waals surface area contributed by atoms with Crippen LogP contribution in [0.25, 0.3) is 0 Å². The highest BCUT2D eigenvalue weighted by molar-refractivity contribution is 6.17. The molecular formula is C24H25NO6. The second-order valence-electron chi connectivity index (χ2n) is 8.43. The minimum absolute atomic E-state index is 0.0391. The van der Waals surface area contributed by atoms with E-state index in [1.54, 1.807) is 76.4 Å². The molecule has 1 amide bonds. The number of nitrogens with zero attached hydrogens (tertiary/aromatic N) is 1. The van der Waals surface area contributed by atoms with Crippen molar-refractivity contribution in [1.82, 2.24) is 0 Å². The van der Waals surface area contributed by atoms with Gasteiger partial charge >= 0.3 is 5.97 Å². The largest absolute Gasteiger partial charge is 0.503 e. The van der Waals surface area contributed by atoms with Crippen LogP contribution >= 0.6 is 0 Å². The number of ether oxygens (including phenoxy) is 1. The number of Topliss-reactive ketones (excluding diaryl/α,β-unsaturated/α-hetero) is 1. The number of aliphatic hydroxyl groups excluding tert-OH is 1. The van der Waals surface area contributed by atoms with E-state index in [4.69, 9.17) is 9.84 Å². The minimum atomic E-state index is -0.960. The summed E-state index contributed by atoms with van der Waals surface area (Å²) >= 11 is 0. The maximum absolute atomic E-state index is 13.2. The predicted molar refractivity (Wildman–Crippen MR) is 115 cm³/mol. The van der Waals surface area contributed by atoms with E-state index < -0.39 is 29.1 Å². The number of anilines is 1. The first-order chi connectivity index (χ1) is 14.5. The smallest absolute Gasteiger partial charge is 0.307 e. The van der Waals surface area contributed by atoms with Crippen molar-refractivity contribution in [3.63, 3.8) is 0 Å². The lowest BCUT2D eigenvalue weighted by molar-refractivity contribution is -0.136. The molecular weight excluding hydrogens is 398 g/mol. The van der Waals surface area contributed by atoms with E-state index in [1.807, 2.05) is 0 Å². The SMILES string of the molecule is COc1ccc(C2C(C(=O)C(C)(C)C)=C(O)C(=O)N2c2ccc(CC(=O)O)cc2)cc1. The van der Waals surface area contributed by atoms with E-state index in [-0.39, 0.29) is 17.8 Å². The van der Waals surface area contributed by atoms with Crippen LogP contribution < -0.4 is 9.64 Å². The molecule has 7 heteroatoms. The zero-order chi connectivity index (χ0) is 22.9. The van der Waals surface area contributed by atoms with Crippen molar-refractivity contribution in [2.75, 3.05) is 12.0 Å². The van der Waals surface area contributed by atoms with Gasteiger partial charge in [-0.1, -0.05) is 45.0 Å². The molecule has 0 radical (unpaired) electrons. The fraction of sp³-hybridized carbons (Fsp3) is 0.292. The fourth-order valence-corrected chi connectivity index (χ4v) is 3.56. The standard InChI is InChI=1S/C24H25NO6/c1-24(2,3)22(29)19-20(15-7-11-17(31-4)12-8-15)25(23(30)21(19)28)16-9-5-14(6-10-16)13-18(26)27/h5-12,20,28H,13H2,1-4H3,(H,26,27). The third kappa shape index (κ3) is 4.30. The Morgan fingerprint density at radius 2 is 1.61 bits per heavy atom. The summed E-state index contributed by atoms with van der Waals surface area (Å²) in [5.74, 6) is -1.92. The molecule has 2 aromatic rings. The third-order valence-electron chi connectivity index (χ3n) is 5.14. The number of carboxylic acids is 1. The number of hydrogen-bond donors (Lipinski definition) is 2. The Hall–Kier alpha value is -3.61. The van der Waals surface area contributed by atoms with Crippen molar-refractivity contribution in [2.24, 2.45) is 5.41 Å². The van der Waals surface area contributed by atoms with Crippen LogP contribution in [0.15, 0.2) is 59.9 Å². The molecule has 0 aromatic heterocycles. The number of aliphatic hydroxyl groups is 1. The number of hydrogen-bond acceptors (Lipinski definition) is 5. The van der Waals surface area contributed by atoms with Crippen LogP contribution in [0.2, 0.25) is 0 Å². The average molecular weight is 423 g/mol. The van der Waals surface area contributed by atoms with Crippen LogP contribution in [0.4, 0.5) is 5.69 Å². The molecule has 0 bridgehead atoms. The summed E-state index contributed by atoms with van der Waals surface area (Å²) in [4.78, 5) is 38.6. The van der Waals surface area contributed by atoms with Gasteiger partial charge < -0.3 is 14.9 Å². The summed E-state index contributed by atoms with van der Waals surface area (Å²) in [6.07, 6.45) is -0.145. The number of ketones is 1. The molecule has 2 N–H and O–H groups in total. The number of carboxylic acid groups (broad SMARTS) is 1. The van der Waals surface area contributed by atoms with Gasteiger partial charge in [-0.05, 0) is 35.4 Å². The lowest BCUT2D eigenvalue weighted by Crippen LogP contribution is -2.32. The summed E-state index contributed by atoms with van der Waals surface area (Å²) in [7, 11) is 1.54. The van der Waals surface area contributed by atoms with Crippen LogP contribution in [-0.4, -0.2) is 35.0 Å². The van der Waals surface area contributed by atoms with Crippen molar-refractivity contribution in [2.45, 2.75) is 33.2 Å². The third-order valence-corrected chi connectivity index (χ3v) is 5.14. The molecule has 7 nitrogen and oxygen atoms in total. The number of carbonyl (C=O) groups is 3. The molecule has 0 aliphatic carbocycles. The maximum atomic E-state index is 13.2. The van der Waals surface area contributed by atoms with E-state index in [2.05, 4.69) is 0 Å². The van der Waals surface area contributed by atoms with Gasteiger partial charge in [-0.3, -0.25) is 19.3 Å². The molecule has 0 fully saturated rings. The first-order valence-corrected chi connectivity index (χ1v) is 9.80. The quantitative estimate of drug-likeness (QED) is 0.732. The topological polar surface area (TPSA) is 104 Å².